The molecule has 2 atom stereocenters. The van der Waals surface area contributed by atoms with Crippen molar-refractivity contribution >= 4 is 29.2 Å². The maximum absolute atomic E-state index is 14.6. The summed E-state index contributed by atoms with van der Waals surface area (Å²) in [4.78, 5) is 56.2. The summed E-state index contributed by atoms with van der Waals surface area (Å²) in [6.07, 6.45) is -4.90. The second kappa shape index (κ2) is 13.2. The van der Waals surface area contributed by atoms with Crippen molar-refractivity contribution in [1.29, 1.82) is 0 Å². The highest BCUT2D eigenvalue weighted by molar-refractivity contribution is 6.05. The molecule has 0 radical (unpaired) electrons. The Labute approximate surface area is 253 Å². The van der Waals surface area contributed by atoms with Crippen molar-refractivity contribution in [2.45, 2.75) is 45.1 Å². The van der Waals surface area contributed by atoms with Crippen molar-refractivity contribution in [2.24, 2.45) is 5.92 Å². The fraction of sp³-hybridized carbons (Fsp3) is 0.273. The number of para-hydroxylation sites is 1. The first-order valence-corrected chi connectivity index (χ1v) is 13.9. The number of amides is 3. The molecule has 8 nitrogen and oxygen atoms in total. The van der Waals surface area contributed by atoms with Crippen LogP contribution in [0.3, 0.4) is 0 Å². The van der Waals surface area contributed by atoms with Crippen LogP contribution in [-0.2, 0) is 25.6 Å². The molecule has 230 valence electrons. The van der Waals surface area contributed by atoms with E-state index in [9.17, 15) is 32.3 Å². The lowest BCUT2D eigenvalue weighted by atomic mass is 9.87. The lowest BCUT2D eigenvalue weighted by Crippen LogP contribution is -2.73. The van der Waals surface area contributed by atoms with Crippen LogP contribution in [0.25, 0.3) is 5.70 Å². The van der Waals surface area contributed by atoms with Crippen molar-refractivity contribution in [3.63, 3.8) is 0 Å². The van der Waals surface area contributed by atoms with Crippen LogP contribution in [-0.4, -0.2) is 57.8 Å². The van der Waals surface area contributed by atoms with E-state index in [2.05, 4.69) is 5.32 Å². The maximum atomic E-state index is 14.6. The zero-order valence-electron chi connectivity index (χ0n) is 24.4. The van der Waals surface area contributed by atoms with Crippen LogP contribution in [0, 0.1) is 5.92 Å². The largest absolute Gasteiger partial charge is 0.484 e. The normalized spacial score (nSPS) is 16.7. The number of ketones is 1. The van der Waals surface area contributed by atoms with E-state index in [1.165, 1.54) is 30.5 Å². The van der Waals surface area contributed by atoms with Gasteiger partial charge in [0.15, 0.2) is 12.3 Å². The van der Waals surface area contributed by atoms with Crippen LogP contribution >= 0.6 is 0 Å². The van der Waals surface area contributed by atoms with Crippen LogP contribution in [0.5, 0.6) is 5.75 Å². The van der Waals surface area contributed by atoms with Crippen molar-refractivity contribution in [3.8, 4) is 5.75 Å². The van der Waals surface area contributed by atoms with Crippen LogP contribution < -0.4 is 10.1 Å². The van der Waals surface area contributed by atoms with Gasteiger partial charge in [-0.15, -0.1) is 0 Å². The summed E-state index contributed by atoms with van der Waals surface area (Å²) in [5, 5.41) is 2.23. The van der Waals surface area contributed by atoms with Gasteiger partial charge in [0.1, 0.15) is 11.8 Å². The first-order valence-electron chi connectivity index (χ1n) is 13.9. The molecule has 3 aromatic carbocycles. The molecule has 0 saturated heterocycles. The Bertz CT molecular complexity index is 1530. The van der Waals surface area contributed by atoms with Gasteiger partial charge in [0.25, 0.3) is 17.6 Å². The smallest absolute Gasteiger partial charge is 0.454 e. The summed E-state index contributed by atoms with van der Waals surface area (Å²) in [5.41, 5.74) is -2.60. The van der Waals surface area contributed by atoms with Crippen LogP contribution in [0.15, 0.2) is 97.2 Å². The van der Waals surface area contributed by atoms with Gasteiger partial charge in [0, 0.05) is 19.5 Å². The summed E-state index contributed by atoms with van der Waals surface area (Å²) in [6, 6.07) is 22.9. The molecule has 3 aromatic rings. The number of benzene rings is 3. The Morgan fingerprint density at radius 3 is 1.95 bits per heavy atom. The number of halogens is 3. The van der Waals surface area contributed by atoms with Gasteiger partial charge in [-0.2, -0.15) is 13.2 Å². The minimum Gasteiger partial charge on any atom is -0.484 e. The topological polar surface area (TPSA) is 96.0 Å². The molecule has 0 saturated carbocycles. The second-order valence-electron chi connectivity index (χ2n) is 10.7. The number of nitrogens with one attached hydrogen (secondary N) is 1. The number of nitrogens with zero attached hydrogens (tertiary/aromatic N) is 2. The molecule has 3 amide bonds. The minimum atomic E-state index is -5.46. The Morgan fingerprint density at radius 1 is 0.886 bits per heavy atom. The molecular weight excluding hydrogens is 575 g/mol. The SMILES string of the molecule is CC(=O)NC(Cc1ccccc1)(C(=O)C(F)(F)F)N1C(=O)C(C(C)C)N(C(=O)COc2ccccc2)C=C1c1ccccc1. The van der Waals surface area contributed by atoms with Crippen molar-refractivity contribution < 1.29 is 37.1 Å². The highest BCUT2D eigenvalue weighted by Crippen LogP contribution is 2.39. The summed E-state index contributed by atoms with van der Waals surface area (Å²) >= 11 is 0. The highest BCUT2D eigenvalue weighted by atomic mass is 19.4. The fourth-order valence-corrected chi connectivity index (χ4v) is 5.25. The van der Waals surface area contributed by atoms with E-state index in [0.717, 1.165) is 11.8 Å². The molecule has 1 heterocycles. The van der Waals surface area contributed by atoms with Gasteiger partial charge >= 0.3 is 6.18 Å². The molecular formula is C33H32F3N3O5. The Morgan fingerprint density at radius 2 is 1.43 bits per heavy atom. The van der Waals surface area contributed by atoms with E-state index < -0.39 is 60.3 Å². The molecule has 0 fully saturated rings. The zero-order valence-corrected chi connectivity index (χ0v) is 24.4. The quantitative estimate of drug-likeness (QED) is 0.352. The van der Waals surface area contributed by atoms with Crippen molar-refractivity contribution in [2.75, 3.05) is 6.61 Å². The van der Waals surface area contributed by atoms with E-state index in [1.807, 2.05) is 0 Å². The number of rotatable bonds is 10. The molecule has 0 bridgehead atoms. The first-order chi connectivity index (χ1) is 20.8. The van der Waals surface area contributed by atoms with Crippen LogP contribution in [0.1, 0.15) is 31.9 Å². The average molecular weight is 608 g/mol. The molecule has 0 aliphatic carbocycles. The molecule has 2 unspecified atom stereocenters. The van der Waals surface area contributed by atoms with Gasteiger partial charge in [-0.25, -0.2) is 0 Å². The third-order valence-corrected chi connectivity index (χ3v) is 7.07. The Hall–Kier alpha value is -4.93. The van der Waals surface area contributed by atoms with Gasteiger partial charge in [0.05, 0.1) is 5.70 Å². The predicted octanol–water partition coefficient (Wildman–Crippen LogP) is 4.97. The van der Waals surface area contributed by atoms with Gasteiger partial charge < -0.3 is 15.0 Å². The fourth-order valence-electron chi connectivity index (χ4n) is 5.25. The highest BCUT2D eigenvalue weighted by Gasteiger charge is 2.61. The summed E-state index contributed by atoms with van der Waals surface area (Å²) in [6.45, 7) is 3.76. The van der Waals surface area contributed by atoms with Gasteiger partial charge in [-0.05, 0) is 29.2 Å². The van der Waals surface area contributed by atoms with Crippen molar-refractivity contribution in [1.82, 2.24) is 15.1 Å². The maximum Gasteiger partial charge on any atom is 0.454 e. The van der Waals surface area contributed by atoms with Gasteiger partial charge in [0.2, 0.25) is 5.91 Å². The Kier molecular flexibility index (Phi) is 9.56. The number of hydrogen-bond donors (Lipinski definition) is 1. The predicted molar refractivity (Wildman–Crippen MR) is 156 cm³/mol. The molecule has 0 spiro atoms. The monoisotopic (exact) mass is 607 g/mol. The molecule has 0 aromatic heterocycles. The standard InChI is InChI=1S/C33H32F3N3O5/c1-22(2)29-30(42)39(32(37-23(3)40,31(43)33(34,35)36)19-24-13-7-4-8-14-24)27(25-15-9-5-10-16-25)20-38(29)28(41)21-44-26-17-11-6-12-18-26/h4-18,20,22,29H,19,21H2,1-3H3,(H,37,40). The lowest BCUT2D eigenvalue weighted by Gasteiger charge is -2.49. The van der Waals surface area contributed by atoms with E-state index in [-0.39, 0.29) is 16.8 Å². The first kappa shape index (κ1) is 32.0. The van der Waals surface area contributed by atoms with E-state index >= 15 is 0 Å². The van der Waals surface area contributed by atoms with E-state index in [1.54, 1.807) is 80.6 Å². The summed E-state index contributed by atoms with van der Waals surface area (Å²) in [7, 11) is 0. The van der Waals surface area contributed by atoms with Crippen molar-refractivity contribution in [3.05, 3.63) is 108 Å². The molecule has 44 heavy (non-hydrogen) atoms. The third-order valence-electron chi connectivity index (χ3n) is 7.07. The number of ether oxygens (including phenoxy) is 1. The van der Waals surface area contributed by atoms with E-state index in [0.29, 0.717) is 10.6 Å². The number of carbonyl (C=O) groups excluding carboxylic acids is 4. The summed E-state index contributed by atoms with van der Waals surface area (Å²) < 4.78 is 49.1. The third kappa shape index (κ3) is 6.82. The second-order valence-corrected chi connectivity index (χ2v) is 10.7. The molecule has 1 aliphatic heterocycles. The van der Waals surface area contributed by atoms with Gasteiger partial charge in [-0.1, -0.05) is 92.7 Å². The summed E-state index contributed by atoms with van der Waals surface area (Å²) in [5.74, 6) is -5.13. The van der Waals surface area contributed by atoms with Crippen LogP contribution in [0.4, 0.5) is 13.2 Å². The molecule has 1 N–H and O–H groups in total. The number of carbonyl (C=O) groups is 4. The lowest BCUT2D eigenvalue weighted by molar-refractivity contribution is -0.187. The molecule has 1 aliphatic rings. The minimum absolute atomic E-state index is 0.178. The van der Waals surface area contributed by atoms with Gasteiger partial charge in [-0.3, -0.25) is 24.1 Å². The molecule has 11 heteroatoms. The number of Topliss-reactive ketones (excluding diaryl/α,β-unsaturated/α-hetero) is 1. The zero-order chi connectivity index (χ0) is 32.1. The number of hydrogen-bond acceptors (Lipinski definition) is 5. The Balaban J connectivity index is 1.96. The molecule has 4 rings (SSSR count). The number of alkyl halides is 3. The van der Waals surface area contributed by atoms with Crippen LogP contribution in [0.2, 0.25) is 0 Å². The van der Waals surface area contributed by atoms with E-state index in [4.69, 9.17) is 4.74 Å². The average Bonchev–Trinajstić information content (AvgIpc) is 2.99.